The minimum absolute atomic E-state index is 0.0190. The number of carbonyl (C=O) groups is 4. The molecule has 1 heterocycles. The van der Waals surface area contributed by atoms with Gasteiger partial charge in [-0.1, -0.05) is 89.9 Å². The minimum atomic E-state index is -3.66. The van der Waals surface area contributed by atoms with E-state index >= 15 is 0 Å². The molecule has 1 aromatic carbocycles. The summed E-state index contributed by atoms with van der Waals surface area (Å²) >= 11 is 0. The highest BCUT2D eigenvalue weighted by atomic mass is 31.2. The Hall–Kier alpha value is -2.95. The Bertz CT molecular complexity index is 1420. The van der Waals surface area contributed by atoms with Crippen molar-refractivity contribution in [3.63, 3.8) is 0 Å². The van der Waals surface area contributed by atoms with Crippen molar-refractivity contribution in [3.8, 4) is 0 Å². The Morgan fingerprint density at radius 1 is 0.656 bits per heavy atom. The van der Waals surface area contributed by atoms with E-state index < -0.39 is 37.5 Å². The second-order valence-electron chi connectivity index (χ2n) is 17.4. The van der Waals surface area contributed by atoms with Gasteiger partial charge < -0.3 is 34.7 Å². The lowest BCUT2D eigenvalue weighted by Crippen LogP contribution is -2.47. The molecule has 1 saturated heterocycles. The molecule has 0 aromatic heterocycles. The first-order valence-electron chi connectivity index (χ1n) is 22.7. The van der Waals surface area contributed by atoms with Gasteiger partial charge >= 0.3 is 25.5 Å². The first-order chi connectivity index (χ1) is 29.1. The van der Waals surface area contributed by atoms with E-state index in [1.54, 1.807) is 39.0 Å². The first-order valence-corrected chi connectivity index (χ1v) is 24.2. The number of nitrogens with one attached hydrogen (secondary N) is 1. The molecule has 1 fully saturated rings. The maximum Gasteiger partial charge on any atom is 0.361 e. The predicted molar refractivity (Wildman–Crippen MR) is 238 cm³/mol. The van der Waals surface area contributed by atoms with Crippen LogP contribution in [0.15, 0.2) is 24.3 Å². The van der Waals surface area contributed by atoms with Crippen LogP contribution in [0, 0.1) is 0 Å². The predicted octanol–water partition coefficient (Wildman–Crippen LogP) is 5.74. The summed E-state index contributed by atoms with van der Waals surface area (Å²) in [5, 5.41) is 40.9. The molecule has 0 radical (unpaired) electrons. The molecule has 1 aliphatic rings. The number of anilines is 1. The summed E-state index contributed by atoms with van der Waals surface area (Å²) in [6.07, 6.45) is 18.8. The zero-order valence-electron chi connectivity index (χ0n) is 37.5. The van der Waals surface area contributed by atoms with Gasteiger partial charge in [-0.3, -0.25) is 43.0 Å². The topological polar surface area (TPSA) is 206 Å². The van der Waals surface area contributed by atoms with Gasteiger partial charge in [0.1, 0.15) is 19.2 Å². The normalized spacial score (nSPS) is 16.3. The Morgan fingerprint density at radius 2 is 1.08 bits per heavy atom. The van der Waals surface area contributed by atoms with Gasteiger partial charge in [-0.2, -0.15) is 0 Å². The Morgan fingerprint density at radius 3 is 1.51 bits per heavy atom. The van der Waals surface area contributed by atoms with Crippen molar-refractivity contribution >= 4 is 42.4 Å². The van der Waals surface area contributed by atoms with E-state index in [0.717, 1.165) is 32.1 Å². The third-order valence-corrected chi connectivity index (χ3v) is 13.0. The summed E-state index contributed by atoms with van der Waals surface area (Å²) in [5.41, 5.74) is 0.441. The number of rotatable bonds is 34. The van der Waals surface area contributed by atoms with Crippen LogP contribution in [0.1, 0.15) is 116 Å². The van der Waals surface area contributed by atoms with Crippen molar-refractivity contribution in [1.29, 1.82) is 0 Å². The molecule has 0 spiro atoms. The van der Waals surface area contributed by atoms with E-state index in [0.29, 0.717) is 48.3 Å². The van der Waals surface area contributed by atoms with Crippen molar-refractivity contribution in [2.24, 2.45) is 0 Å². The number of benzene rings is 1. The fourth-order valence-corrected chi connectivity index (χ4v) is 8.92. The number of amides is 1. The van der Waals surface area contributed by atoms with Gasteiger partial charge in [0, 0.05) is 58.0 Å². The number of likely N-dealkylation sites (N-methyl/N-ethyl adjacent to an activating group) is 1. The lowest BCUT2D eigenvalue weighted by Gasteiger charge is -2.30. The van der Waals surface area contributed by atoms with E-state index in [-0.39, 0.29) is 58.7 Å². The number of hydrogen-bond donors (Lipinski definition) is 5. The van der Waals surface area contributed by atoms with E-state index in [4.69, 9.17) is 14.2 Å². The van der Waals surface area contributed by atoms with E-state index in [1.807, 2.05) is 21.1 Å². The number of hydrogen-bond acceptors (Lipinski definition) is 11. The quantitative estimate of drug-likeness (QED) is 0.0318. The number of aliphatic hydroxyl groups is 1. The number of aliphatic carboxylic acids is 3. The van der Waals surface area contributed by atoms with Gasteiger partial charge in [-0.25, -0.2) is 0 Å². The molecular weight excluding hydrogens is 805 g/mol. The van der Waals surface area contributed by atoms with Crippen molar-refractivity contribution in [1.82, 2.24) is 14.7 Å². The van der Waals surface area contributed by atoms with Crippen LogP contribution in [-0.2, 0) is 32.8 Å². The average Bonchev–Trinajstić information content (AvgIpc) is 3.27. The molecule has 5 N–H and O–H groups in total. The molecule has 2 atom stereocenters. The van der Waals surface area contributed by atoms with Gasteiger partial charge in [0.2, 0.25) is 5.91 Å². The average molecular weight is 885 g/mol. The summed E-state index contributed by atoms with van der Waals surface area (Å²) in [4.78, 5) is 53.3. The lowest BCUT2D eigenvalue weighted by molar-refractivity contribution is -0.870. The highest BCUT2D eigenvalue weighted by molar-refractivity contribution is 7.62. The maximum atomic E-state index is 14.1. The van der Waals surface area contributed by atoms with E-state index in [1.165, 1.54) is 70.6 Å². The summed E-state index contributed by atoms with van der Waals surface area (Å²) in [6.45, 7) is 2.65. The fraction of sp³-hybridized carbons (Fsp3) is 0.773. The molecule has 2 unspecified atom stereocenters. The number of carboxylic acids is 3. The number of unbranched alkanes of at least 4 members (excludes halogenated alkanes) is 15. The van der Waals surface area contributed by atoms with Crippen molar-refractivity contribution in [2.45, 2.75) is 122 Å². The molecule has 0 saturated carbocycles. The van der Waals surface area contributed by atoms with Crippen LogP contribution < -0.4 is 10.6 Å². The number of nitrogens with zero attached hydrogens (tertiary/aromatic N) is 4. The van der Waals surface area contributed by atoms with Crippen LogP contribution in [0.3, 0.4) is 0 Å². The van der Waals surface area contributed by atoms with Crippen LogP contribution in [0.25, 0.3) is 0 Å². The molecule has 1 aliphatic heterocycles. The van der Waals surface area contributed by atoms with Gasteiger partial charge in [0.25, 0.3) is 0 Å². The molecule has 0 aliphatic carbocycles. The summed E-state index contributed by atoms with van der Waals surface area (Å²) in [6, 6.07) is 5.45. The highest BCUT2D eigenvalue weighted by Crippen LogP contribution is 2.47. The minimum Gasteiger partial charge on any atom is -0.480 e. The molecule has 1 aromatic rings. The van der Waals surface area contributed by atoms with Crippen LogP contribution in [0.4, 0.5) is 5.69 Å². The third-order valence-electron chi connectivity index (χ3n) is 11.0. The van der Waals surface area contributed by atoms with Crippen molar-refractivity contribution < 1.29 is 57.7 Å². The van der Waals surface area contributed by atoms with Crippen LogP contribution in [-0.4, -0.2) is 169 Å². The van der Waals surface area contributed by atoms with Gasteiger partial charge in [0.05, 0.1) is 46.1 Å². The monoisotopic (exact) mass is 885 g/mol. The Labute approximate surface area is 365 Å². The summed E-state index contributed by atoms with van der Waals surface area (Å²) in [5.74, 6) is -3.60. The third kappa shape index (κ3) is 25.7. The second-order valence-corrected chi connectivity index (χ2v) is 19.4. The SMILES string of the molecule is C[N+](C)(C)CCOP(=O)(OCCCCCCCCCCCCCCCCCCO)c1ccc(NC(=O)CCC(C(=O)O)N2CCN(CC(=O)O)CCN(CC(=O)O)CC2)cc1. The largest absolute Gasteiger partial charge is 0.480 e. The molecule has 0 bridgehead atoms. The second kappa shape index (κ2) is 31.0. The van der Waals surface area contributed by atoms with Crippen LogP contribution in [0.5, 0.6) is 0 Å². The molecule has 2 rings (SSSR count). The van der Waals surface area contributed by atoms with Crippen molar-refractivity contribution in [3.05, 3.63) is 24.3 Å². The first kappa shape index (κ1) is 54.2. The standard InChI is InChI=1S/C44H78N5O11P/c1-49(2,3)32-35-60-61(58,59-34-19-17-15-13-11-9-7-5-4-6-8-10-12-14-16-18-33-50)39-22-20-38(21-23-39)45-41(51)25-24-40(44(56)57)48-30-28-46(36-42(52)53)26-27-47(29-31-48)37-43(54)55/h20-23,40,50H,4-19,24-37H2,1-3H3,(H3-,45,51,52,53,54,55,56,57,58)/p+1. The fourth-order valence-electron chi connectivity index (χ4n) is 7.34. The zero-order valence-corrected chi connectivity index (χ0v) is 38.4. The maximum absolute atomic E-state index is 14.1. The Kier molecular flexibility index (Phi) is 27.5. The van der Waals surface area contributed by atoms with Crippen LogP contribution in [0.2, 0.25) is 0 Å². The van der Waals surface area contributed by atoms with Gasteiger partial charge in [0.15, 0.2) is 0 Å². The van der Waals surface area contributed by atoms with Crippen LogP contribution >= 0.6 is 7.60 Å². The summed E-state index contributed by atoms with van der Waals surface area (Å²) < 4.78 is 26.7. The smallest absolute Gasteiger partial charge is 0.361 e. The summed E-state index contributed by atoms with van der Waals surface area (Å²) in [7, 11) is 2.41. The van der Waals surface area contributed by atoms with Crippen molar-refractivity contribution in [2.75, 3.05) is 105 Å². The number of quaternary nitrogens is 1. The van der Waals surface area contributed by atoms with Gasteiger partial charge in [-0.05, 0) is 43.5 Å². The lowest BCUT2D eigenvalue weighted by atomic mass is 10.0. The highest BCUT2D eigenvalue weighted by Gasteiger charge is 2.30. The molecule has 17 heteroatoms. The van der Waals surface area contributed by atoms with Gasteiger partial charge in [-0.15, -0.1) is 0 Å². The van der Waals surface area contributed by atoms with E-state index in [9.17, 15) is 39.1 Å². The molecule has 16 nitrogen and oxygen atoms in total. The molecule has 350 valence electrons. The number of carbonyl (C=O) groups excluding carboxylic acids is 1. The zero-order chi connectivity index (χ0) is 44.9. The number of aliphatic hydroxyl groups excluding tert-OH is 1. The molecular formula is C44H79N5O11P+. The number of carboxylic acid groups (broad SMARTS) is 3. The molecule has 1 amide bonds. The molecule has 61 heavy (non-hydrogen) atoms. The Balaban J connectivity index is 1.86. The van der Waals surface area contributed by atoms with E-state index in [2.05, 4.69) is 5.32 Å².